The number of hydrogen-bond acceptors (Lipinski definition) is 8. The predicted octanol–water partition coefficient (Wildman–Crippen LogP) is 10.0. The Kier molecular flexibility index (Phi) is 11.8. The van der Waals surface area contributed by atoms with Crippen LogP contribution in [0.15, 0.2) is 97.1 Å². The van der Waals surface area contributed by atoms with E-state index in [-0.39, 0.29) is 59.2 Å². The van der Waals surface area contributed by atoms with E-state index in [9.17, 15) is 20.4 Å². The SMILES string of the molecule is CC(C)Oc1cc(C(c2ccc(C(c3ccc(O)c(OC(C)C)c3)c3ccc(O)c(OC(C)C)c3)cc2)c2ccc(O)c(OC(C)C)c2)ccc1O. The third-order valence-corrected chi connectivity index (χ3v) is 8.32. The van der Waals surface area contributed by atoms with Gasteiger partial charge in [-0.15, -0.1) is 0 Å². The number of rotatable bonds is 14. The Morgan fingerprint density at radius 3 is 0.692 bits per heavy atom. The molecule has 0 aliphatic carbocycles. The molecular weight excluding hydrogens is 656 g/mol. The fourth-order valence-electron chi connectivity index (χ4n) is 6.27. The van der Waals surface area contributed by atoms with Crippen molar-refractivity contribution in [2.75, 3.05) is 0 Å². The van der Waals surface area contributed by atoms with E-state index >= 15 is 0 Å². The van der Waals surface area contributed by atoms with Crippen LogP contribution in [0.25, 0.3) is 0 Å². The van der Waals surface area contributed by atoms with Crippen LogP contribution in [0.5, 0.6) is 46.0 Å². The van der Waals surface area contributed by atoms with Crippen LogP contribution < -0.4 is 18.9 Å². The van der Waals surface area contributed by atoms with E-state index in [1.54, 1.807) is 24.3 Å². The second-order valence-corrected chi connectivity index (χ2v) is 14.1. The molecule has 5 aromatic carbocycles. The zero-order valence-corrected chi connectivity index (χ0v) is 31.1. The van der Waals surface area contributed by atoms with E-state index in [0.29, 0.717) is 23.0 Å². The summed E-state index contributed by atoms with van der Waals surface area (Å²) in [6.07, 6.45) is -0.581. The molecule has 0 unspecified atom stereocenters. The first-order valence-corrected chi connectivity index (χ1v) is 17.8. The van der Waals surface area contributed by atoms with E-state index < -0.39 is 0 Å². The number of phenols is 4. The van der Waals surface area contributed by atoms with Crippen LogP contribution in [0.1, 0.15) is 101 Å². The van der Waals surface area contributed by atoms with Gasteiger partial charge in [0.25, 0.3) is 0 Å². The van der Waals surface area contributed by atoms with Gasteiger partial charge >= 0.3 is 0 Å². The van der Waals surface area contributed by atoms with Crippen LogP contribution in [0, 0.1) is 0 Å². The van der Waals surface area contributed by atoms with Gasteiger partial charge in [-0.05, 0) is 137 Å². The summed E-state index contributed by atoms with van der Waals surface area (Å²) < 4.78 is 23.9. The van der Waals surface area contributed by atoms with Gasteiger partial charge in [-0.1, -0.05) is 48.5 Å². The Balaban J connectivity index is 1.67. The number of benzene rings is 5. The first-order valence-electron chi connectivity index (χ1n) is 17.8. The lowest BCUT2D eigenvalue weighted by molar-refractivity contribution is 0.231. The molecular formula is C44H50O8. The highest BCUT2D eigenvalue weighted by Crippen LogP contribution is 2.43. The molecule has 8 heteroatoms. The summed E-state index contributed by atoms with van der Waals surface area (Å²) in [5, 5.41) is 42.6. The summed E-state index contributed by atoms with van der Waals surface area (Å²) in [4.78, 5) is 0. The maximum atomic E-state index is 10.6. The standard InChI is InChI=1S/C44H50O8/c1-25(2)49-39-21-31(13-17-35(39)45)43(32-14-18-36(46)40(22-32)50-26(3)4)29-9-11-30(12-10-29)44(33-15-19-37(47)41(23-33)51-27(5)6)34-16-20-38(48)42(24-34)52-28(7)8/h9-28,43-48H,1-8H3. The second-order valence-electron chi connectivity index (χ2n) is 14.1. The van der Waals surface area contributed by atoms with Gasteiger partial charge in [-0.2, -0.15) is 0 Å². The van der Waals surface area contributed by atoms with Crippen LogP contribution in [-0.4, -0.2) is 44.8 Å². The minimum Gasteiger partial charge on any atom is -0.504 e. The van der Waals surface area contributed by atoms with Gasteiger partial charge in [0.2, 0.25) is 0 Å². The first kappa shape index (κ1) is 37.7. The molecule has 0 atom stereocenters. The largest absolute Gasteiger partial charge is 0.504 e. The molecule has 8 nitrogen and oxygen atoms in total. The molecule has 0 saturated carbocycles. The van der Waals surface area contributed by atoms with Gasteiger partial charge in [0, 0.05) is 11.8 Å². The molecule has 4 N–H and O–H groups in total. The lowest BCUT2D eigenvalue weighted by atomic mass is 9.81. The quantitative estimate of drug-likeness (QED) is 0.0843. The summed E-state index contributed by atoms with van der Waals surface area (Å²) in [6, 6.07) is 29.7. The molecule has 0 aliphatic rings. The number of phenolic OH excluding ortho intramolecular Hbond substituents is 4. The van der Waals surface area contributed by atoms with Crippen LogP contribution in [0.4, 0.5) is 0 Å². The van der Waals surface area contributed by atoms with E-state index in [2.05, 4.69) is 24.3 Å². The first-order chi connectivity index (χ1) is 24.7. The highest BCUT2D eigenvalue weighted by Gasteiger charge is 2.24. The van der Waals surface area contributed by atoms with Crippen molar-refractivity contribution in [3.05, 3.63) is 130 Å². The smallest absolute Gasteiger partial charge is 0.161 e. The van der Waals surface area contributed by atoms with Crippen molar-refractivity contribution in [2.24, 2.45) is 0 Å². The molecule has 0 amide bonds. The molecule has 0 aliphatic heterocycles. The fourth-order valence-corrected chi connectivity index (χ4v) is 6.27. The topological polar surface area (TPSA) is 118 Å². The van der Waals surface area contributed by atoms with Crippen molar-refractivity contribution in [1.82, 2.24) is 0 Å². The second kappa shape index (κ2) is 16.2. The van der Waals surface area contributed by atoms with Gasteiger partial charge in [-0.3, -0.25) is 0 Å². The molecule has 0 saturated heterocycles. The van der Waals surface area contributed by atoms with Crippen LogP contribution in [-0.2, 0) is 0 Å². The normalized spacial score (nSPS) is 11.7. The van der Waals surface area contributed by atoms with Gasteiger partial charge in [0.1, 0.15) is 0 Å². The Morgan fingerprint density at radius 2 is 0.500 bits per heavy atom. The third-order valence-electron chi connectivity index (χ3n) is 8.32. The predicted molar refractivity (Wildman–Crippen MR) is 204 cm³/mol. The van der Waals surface area contributed by atoms with Crippen LogP contribution in [0.3, 0.4) is 0 Å². The van der Waals surface area contributed by atoms with Gasteiger partial charge in [-0.25, -0.2) is 0 Å². The van der Waals surface area contributed by atoms with E-state index in [1.165, 1.54) is 0 Å². The Hall–Kier alpha value is -5.50. The number of ether oxygens (including phenoxy) is 4. The van der Waals surface area contributed by atoms with Crippen LogP contribution >= 0.6 is 0 Å². The lowest BCUT2D eigenvalue weighted by Crippen LogP contribution is -2.10. The Morgan fingerprint density at radius 1 is 0.308 bits per heavy atom. The summed E-state index contributed by atoms with van der Waals surface area (Å²) in [7, 11) is 0. The van der Waals surface area contributed by atoms with Gasteiger partial charge in [0.05, 0.1) is 24.4 Å². The van der Waals surface area contributed by atoms with Crippen molar-refractivity contribution in [1.29, 1.82) is 0 Å². The summed E-state index contributed by atoms with van der Waals surface area (Å²) in [6.45, 7) is 15.3. The molecule has 52 heavy (non-hydrogen) atoms. The molecule has 0 spiro atoms. The Bertz CT molecular complexity index is 1700. The van der Waals surface area contributed by atoms with E-state index in [1.807, 2.05) is 104 Å². The summed E-state index contributed by atoms with van der Waals surface area (Å²) in [5.41, 5.74) is 5.41. The molecule has 0 fully saturated rings. The number of hydrogen-bond donors (Lipinski definition) is 4. The van der Waals surface area contributed by atoms with E-state index in [4.69, 9.17) is 18.9 Å². The number of aromatic hydroxyl groups is 4. The van der Waals surface area contributed by atoms with E-state index in [0.717, 1.165) is 33.4 Å². The average molecular weight is 707 g/mol. The van der Waals surface area contributed by atoms with Crippen molar-refractivity contribution in [3.8, 4) is 46.0 Å². The fraction of sp³-hybridized carbons (Fsp3) is 0.318. The third kappa shape index (κ3) is 9.04. The Labute approximate surface area is 306 Å². The average Bonchev–Trinajstić information content (AvgIpc) is 3.07. The highest BCUT2D eigenvalue weighted by atomic mass is 16.5. The summed E-state index contributed by atoms with van der Waals surface area (Å²) in [5.74, 6) is 1.07. The highest BCUT2D eigenvalue weighted by molar-refractivity contribution is 5.56. The van der Waals surface area contributed by atoms with Crippen LogP contribution in [0.2, 0.25) is 0 Å². The van der Waals surface area contributed by atoms with Crippen molar-refractivity contribution in [2.45, 2.75) is 91.6 Å². The lowest BCUT2D eigenvalue weighted by Gasteiger charge is -2.24. The maximum absolute atomic E-state index is 10.6. The summed E-state index contributed by atoms with van der Waals surface area (Å²) >= 11 is 0. The van der Waals surface area contributed by atoms with Gasteiger partial charge in [0.15, 0.2) is 46.0 Å². The van der Waals surface area contributed by atoms with Gasteiger partial charge < -0.3 is 39.4 Å². The maximum Gasteiger partial charge on any atom is 0.161 e. The monoisotopic (exact) mass is 706 g/mol. The van der Waals surface area contributed by atoms with Crippen molar-refractivity contribution >= 4 is 0 Å². The zero-order chi connectivity index (χ0) is 37.7. The molecule has 274 valence electrons. The molecule has 5 aromatic rings. The molecule has 0 aromatic heterocycles. The zero-order valence-electron chi connectivity index (χ0n) is 31.1. The molecule has 5 rings (SSSR count). The molecule has 0 radical (unpaired) electrons. The minimum absolute atomic E-state index is 0.0494. The van der Waals surface area contributed by atoms with Crippen molar-refractivity contribution < 1.29 is 39.4 Å². The van der Waals surface area contributed by atoms with Crippen molar-refractivity contribution in [3.63, 3.8) is 0 Å². The molecule has 0 heterocycles. The minimum atomic E-state index is -0.322. The molecule has 0 bridgehead atoms.